The third-order valence-corrected chi connectivity index (χ3v) is 4.31. The van der Waals surface area contributed by atoms with Gasteiger partial charge < -0.3 is 13.3 Å². The maximum Gasteiger partial charge on any atom is 0.484 e. The summed E-state index contributed by atoms with van der Waals surface area (Å²) in [5.74, 6) is -26.2. The molecular formula is C12H16F12O3Si. The summed E-state index contributed by atoms with van der Waals surface area (Å²) >= 11 is 0. The topological polar surface area (TPSA) is 27.7 Å². The fourth-order valence-corrected chi connectivity index (χ4v) is 2.29. The highest BCUT2D eigenvalue weighted by molar-refractivity contribution is 6.36. The summed E-state index contributed by atoms with van der Waals surface area (Å²) in [4.78, 5) is 0. The summed E-state index contributed by atoms with van der Waals surface area (Å²) in [5.41, 5.74) is 0. The van der Waals surface area contributed by atoms with Gasteiger partial charge in [-0.1, -0.05) is 0 Å². The largest absolute Gasteiger partial charge is 0.484 e. The van der Waals surface area contributed by atoms with E-state index in [-0.39, 0.29) is 0 Å². The number of allylic oxidation sites excluding steroid dienone is 1. The molecule has 0 spiro atoms. The number of rotatable bonds is 9. The molecule has 3 nitrogen and oxygen atoms in total. The third-order valence-electron chi connectivity index (χ3n) is 2.49. The molecule has 0 radical (unpaired) electrons. The Labute approximate surface area is 153 Å². The summed E-state index contributed by atoms with van der Waals surface area (Å²) in [5, 5.41) is 0. The number of hydrogen-bond acceptors (Lipinski definition) is 3. The lowest BCUT2D eigenvalue weighted by molar-refractivity contribution is -0.392. The van der Waals surface area contributed by atoms with Crippen LogP contribution in [0.2, 0.25) is 0 Å². The smallest absolute Gasteiger partial charge is 0.376 e. The molecular weight excluding hydrogens is 448 g/mol. The first-order chi connectivity index (χ1) is 12.5. The van der Waals surface area contributed by atoms with Crippen LogP contribution >= 0.6 is 0 Å². The van der Waals surface area contributed by atoms with Gasteiger partial charge in [0.05, 0.1) is 0 Å². The van der Waals surface area contributed by atoms with Crippen LogP contribution in [0.3, 0.4) is 0 Å². The van der Waals surface area contributed by atoms with Crippen LogP contribution in [-0.2, 0) is 13.3 Å². The molecule has 0 aromatic rings. The molecule has 0 heterocycles. The summed E-state index contributed by atoms with van der Waals surface area (Å²) < 4.78 is 158. The van der Waals surface area contributed by atoms with Gasteiger partial charge >= 0.3 is 39.6 Å². The first-order valence-corrected chi connectivity index (χ1v) is 8.63. The van der Waals surface area contributed by atoms with Crippen LogP contribution in [0.5, 0.6) is 0 Å². The Hall–Kier alpha value is -1.00. The lowest BCUT2D eigenvalue weighted by Crippen LogP contribution is -2.61. The molecule has 28 heavy (non-hydrogen) atoms. The zero-order chi connectivity index (χ0) is 23.0. The van der Waals surface area contributed by atoms with E-state index in [9.17, 15) is 52.7 Å². The molecule has 170 valence electrons. The van der Waals surface area contributed by atoms with Crippen molar-refractivity contribution >= 4 is 9.53 Å². The van der Waals surface area contributed by atoms with Gasteiger partial charge in [0.2, 0.25) is 5.83 Å². The summed E-state index contributed by atoms with van der Waals surface area (Å²) in [7, 11) is -1.73. The van der Waals surface area contributed by atoms with Crippen molar-refractivity contribution < 1.29 is 66.0 Å². The average Bonchev–Trinajstić information content (AvgIpc) is 2.54. The average molecular weight is 464 g/mol. The Morgan fingerprint density at radius 1 is 0.643 bits per heavy atom. The highest BCUT2D eigenvalue weighted by Crippen LogP contribution is 2.55. The molecule has 0 aliphatic heterocycles. The van der Waals surface area contributed by atoms with Gasteiger partial charge in [0.1, 0.15) is 0 Å². The highest BCUT2D eigenvalue weighted by Gasteiger charge is 2.83. The predicted octanol–water partition coefficient (Wildman–Crippen LogP) is 5.35. The molecule has 0 atom stereocenters. The second-order valence-electron chi connectivity index (χ2n) is 4.45. The number of hydrogen-bond donors (Lipinski definition) is 0. The Balaban J connectivity index is 0. The molecule has 0 unspecified atom stereocenters. The minimum atomic E-state index is -7.42. The molecule has 0 bridgehead atoms. The minimum Gasteiger partial charge on any atom is -0.376 e. The summed E-state index contributed by atoms with van der Waals surface area (Å²) in [6, 6.07) is 0. The lowest BCUT2D eigenvalue weighted by atomic mass is 10.0. The maximum absolute atomic E-state index is 12.3. The van der Waals surface area contributed by atoms with Crippen molar-refractivity contribution in [1.82, 2.24) is 0 Å². The molecule has 0 fully saturated rings. The van der Waals surface area contributed by atoms with Crippen LogP contribution in [0.15, 0.2) is 11.9 Å². The van der Waals surface area contributed by atoms with Crippen molar-refractivity contribution in [2.24, 2.45) is 0 Å². The van der Waals surface area contributed by atoms with Crippen molar-refractivity contribution in [1.29, 1.82) is 0 Å². The summed E-state index contributed by atoms with van der Waals surface area (Å²) in [6.45, 7) is 7.86. The van der Waals surface area contributed by atoms with Crippen LogP contribution in [0.4, 0.5) is 52.7 Å². The third kappa shape index (κ3) is 7.11. The van der Waals surface area contributed by atoms with Gasteiger partial charge in [0, 0.05) is 19.8 Å². The van der Waals surface area contributed by atoms with Crippen molar-refractivity contribution in [2.45, 2.75) is 44.7 Å². The predicted molar refractivity (Wildman–Crippen MR) is 73.3 cm³/mol. The zero-order valence-corrected chi connectivity index (χ0v) is 15.6. The molecule has 0 aromatic carbocycles. The molecule has 16 heteroatoms. The van der Waals surface area contributed by atoms with Gasteiger partial charge in [0.15, 0.2) is 0 Å². The lowest BCUT2D eigenvalue weighted by Gasteiger charge is -2.32. The molecule has 0 aliphatic carbocycles. The first-order valence-electron chi connectivity index (χ1n) is 7.21. The SMILES string of the molecule is CCO[SiH](OCC)OCC.FC(F)=C(F)C(F)(F)C(F)(F)C(F)(F)C(F)(F)F. The standard InChI is InChI=1S/C6F12.C6H16O3Si/c7-1(2(8)9)3(10,11)4(12,13)5(14,15)6(16,17)18;1-4-7-10(8-5-2)9-6-3/h;10H,4-6H2,1-3H3. The number of halogens is 12. The van der Waals surface area contributed by atoms with Gasteiger partial charge in [-0.25, -0.2) is 0 Å². The van der Waals surface area contributed by atoms with Gasteiger partial charge in [-0.15, -0.1) is 0 Å². The van der Waals surface area contributed by atoms with E-state index in [2.05, 4.69) is 0 Å². The van der Waals surface area contributed by atoms with E-state index in [4.69, 9.17) is 13.3 Å². The molecule has 0 saturated heterocycles. The molecule has 0 aliphatic rings. The zero-order valence-electron chi connectivity index (χ0n) is 14.5. The Kier molecular flexibility index (Phi) is 11.7. The van der Waals surface area contributed by atoms with Crippen LogP contribution in [-0.4, -0.2) is 53.3 Å². The van der Waals surface area contributed by atoms with E-state index in [0.717, 1.165) is 0 Å². The van der Waals surface area contributed by atoms with Crippen molar-refractivity contribution in [3.8, 4) is 0 Å². The van der Waals surface area contributed by atoms with Crippen LogP contribution in [0, 0.1) is 0 Å². The van der Waals surface area contributed by atoms with Gasteiger partial charge in [0.25, 0.3) is 0 Å². The quantitative estimate of drug-likeness (QED) is 0.341. The van der Waals surface area contributed by atoms with E-state index in [1.54, 1.807) is 0 Å². The monoisotopic (exact) mass is 464 g/mol. The van der Waals surface area contributed by atoms with E-state index in [0.29, 0.717) is 19.8 Å². The van der Waals surface area contributed by atoms with Gasteiger partial charge in [-0.3, -0.25) is 0 Å². The molecule has 0 saturated carbocycles. The molecule has 0 aromatic heterocycles. The highest BCUT2D eigenvalue weighted by atomic mass is 28.3. The van der Waals surface area contributed by atoms with E-state index in [1.807, 2.05) is 20.8 Å². The van der Waals surface area contributed by atoms with Gasteiger partial charge in [-0.05, 0) is 20.8 Å². The summed E-state index contributed by atoms with van der Waals surface area (Å²) in [6.07, 6.45) is -11.3. The molecule has 0 amide bonds. The Bertz CT molecular complexity index is 476. The second kappa shape index (κ2) is 11.3. The molecule has 0 N–H and O–H groups in total. The maximum atomic E-state index is 12.3. The molecule has 0 rings (SSSR count). The van der Waals surface area contributed by atoms with Crippen LogP contribution in [0.25, 0.3) is 0 Å². The second-order valence-corrected chi connectivity index (χ2v) is 6.03. The Morgan fingerprint density at radius 3 is 1.18 bits per heavy atom. The van der Waals surface area contributed by atoms with Gasteiger partial charge in [-0.2, -0.15) is 52.7 Å². The van der Waals surface area contributed by atoms with E-state index in [1.165, 1.54) is 0 Å². The number of alkyl halides is 9. The van der Waals surface area contributed by atoms with E-state index >= 15 is 0 Å². The van der Waals surface area contributed by atoms with Crippen molar-refractivity contribution in [2.75, 3.05) is 19.8 Å². The van der Waals surface area contributed by atoms with Crippen molar-refractivity contribution in [3.05, 3.63) is 11.9 Å². The van der Waals surface area contributed by atoms with Crippen molar-refractivity contribution in [3.63, 3.8) is 0 Å². The fraction of sp³-hybridized carbons (Fsp3) is 0.833. The normalized spacial score (nSPS) is 13.3. The fourth-order valence-electron chi connectivity index (χ4n) is 1.18. The first kappa shape index (κ1) is 29.2. The van der Waals surface area contributed by atoms with E-state index < -0.39 is 45.4 Å². The Morgan fingerprint density at radius 2 is 0.964 bits per heavy atom. The van der Waals surface area contributed by atoms with Crippen LogP contribution in [0.1, 0.15) is 20.8 Å². The van der Waals surface area contributed by atoms with Crippen LogP contribution < -0.4 is 0 Å². The minimum absolute atomic E-state index is 0.677.